The summed E-state index contributed by atoms with van der Waals surface area (Å²) in [6, 6.07) is 0. The van der Waals surface area contributed by atoms with Crippen LogP contribution in [0.3, 0.4) is 0 Å². The standard InChI is InChI=1S/C20H29O5P/c1-15(11-12-18-17(3)10-7-13-20(18,4)5)8-6-9-16(2)14-19(21)25-26(22,23)24/h6,8-9,11-12,14H,7,10,13H2,1-5H3,(H2,22,23,24). The predicted molar refractivity (Wildman–Crippen MR) is 104 cm³/mol. The minimum Gasteiger partial charge on any atom is -0.367 e. The monoisotopic (exact) mass is 380 g/mol. The van der Waals surface area contributed by atoms with Crippen molar-refractivity contribution in [3.8, 4) is 0 Å². The van der Waals surface area contributed by atoms with Crippen molar-refractivity contribution in [3.63, 3.8) is 0 Å². The summed E-state index contributed by atoms with van der Waals surface area (Å²) in [7, 11) is -4.80. The van der Waals surface area contributed by atoms with Gasteiger partial charge < -0.3 is 4.52 Å². The summed E-state index contributed by atoms with van der Waals surface area (Å²) in [6.07, 6.45) is 14.3. The third-order valence-electron chi connectivity index (χ3n) is 4.33. The van der Waals surface area contributed by atoms with Crippen LogP contribution in [0.5, 0.6) is 0 Å². The third-order valence-corrected chi connectivity index (χ3v) is 4.75. The average Bonchev–Trinajstić information content (AvgIpc) is 2.43. The highest BCUT2D eigenvalue weighted by Gasteiger charge is 2.26. The van der Waals surface area contributed by atoms with Crippen LogP contribution in [0.4, 0.5) is 0 Å². The quantitative estimate of drug-likeness (QED) is 0.378. The first-order chi connectivity index (χ1) is 11.9. The Labute approximate surface area is 156 Å². The molecule has 26 heavy (non-hydrogen) atoms. The molecule has 144 valence electrons. The topological polar surface area (TPSA) is 83.8 Å². The maximum absolute atomic E-state index is 11.3. The van der Waals surface area contributed by atoms with E-state index in [0.29, 0.717) is 5.57 Å². The zero-order valence-corrected chi connectivity index (χ0v) is 17.0. The Morgan fingerprint density at radius 1 is 1.19 bits per heavy atom. The van der Waals surface area contributed by atoms with E-state index in [1.165, 1.54) is 24.0 Å². The molecule has 0 amide bonds. The lowest BCUT2D eigenvalue weighted by Gasteiger charge is -2.32. The van der Waals surface area contributed by atoms with Crippen LogP contribution in [0.15, 0.2) is 58.7 Å². The van der Waals surface area contributed by atoms with Crippen molar-refractivity contribution in [2.75, 3.05) is 0 Å². The number of phosphoric acid groups is 1. The zero-order valence-electron chi connectivity index (χ0n) is 16.2. The van der Waals surface area contributed by atoms with Crippen LogP contribution >= 0.6 is 7.82 Å². The van der Waals surface area contributed by atoms with Crippen LogP contribution in [0, 0.1) is 5.41 Å². The minimum absolute atomic E-state index is 0.202. The number of carbonyl (C=O) groups is 1. The van der Waals surface area contributed by atoms with Crippen LogP contribution < -0.4 is 0 Å². The molecule has 0 saturated carbocycles. The van der Waals surface area contributed by atoms with Gasteiger partial charge in [-0.05, 0) is 56.6 Å². The molecule has 0 saturated heterocycles. The summed E-state index contributed by atoms with van der Waals surface area (Å²) in [5.74, 6) is -1.07. The highest BCUT2D eigenvalue weighted by molar-refractivity contribution is 7.46. The second-order valence-electron chi connectivity index (χ2n) is 7.32. The molecule has 0 aromatic heterocycles. The molecule has 0 atom stereocenters. The predicted octanol–water partition coefficient (Wildman–Crippen LogP) is 5.15. The van der Waals surface area contributed by atoms with Crippen molar-refractivity contribution in [1.82, 2.24) is 0 Å². The van der Waals surface area contributed by atoms with E-state index < -0.39 is 13.8 Å². The Morgan fingerprint density at radius 2 is 1.85 bits per heavy atom. The number of allylic oxidation sites excluding steroid dienone is 9. The molecule has 5 nitrogen and oxygen atoms in total. The highest BCUT2D eigenvalue weighted by atomic mass is 31.2. The summed E-state index contributed by atoms with van der Waals surface area (Å²) in [4.78, 5) is 28.4. The SMILES string of the molecule is CC(C=CC1=C(C)CCCC1(C)C)=CC=CC(C)=CC(=O)OP(=O)(O)O. The van der Waals surface area contributed by atoms with Gasteiger partial charge in [0.25, 0.3) is 0 Å². The Morgan fingerprint density at radius 3 is 2.42 bits per heavy atom. The van der Waals surface area contributed by atoms with Crippen molar-refractivity contribution in [3.05, 3.63) is 58.7 Å². The Bertz CT molecular complexity index is 729. The van der Waals surface area contributed by atoms with Crippen molar-refractivity contribution in [2.45, 2.75) is 53.9 Å². The second kappa shape index (κ2) is 9.31. The lowest BCUT2D eigenvalue weighted by Crippen LogP contribution is -2.19. The fourth-order valence-electron chi connectivity index (χ4n) is 3.01. The van der Waals surface area contributed by atoms with Gasteiger partial charge in [0.2, 0.25) is 0 Å². The fraction of sp³-hybridized carbons (Fsp3) is 0.450. The van der Waals surface area contributed by atoms with Gasteiger partial charge in [-0.3, -0.25) is 9.79 Å². The smallest absolute Gasteiger partial charge is 0.367 e. The van der Waals surface area contributed by atoms with Crippen molar-refractivity contribution >= 4 is 13.8 Å². The molecule has 2 N–H and O–H groups in total. The molecule has 0 radical (unpaired) electrons. The molecular weight excluding hydrogens is 351 g/mol. The molecule has 1 aliphatic carbocycles. The molecule has 1 rings (SSSR count). The normalized spacial score (nSPS) is 19.5. The van der Waals surface area contributed by atoms with Gasteiger partial charge in [-0.2, -0.15) is 0 Å². The molecule has 0 aromatic rings. The fourth-order valence-corrected chi connectivity index (χ4v) is 3.30. The zero-order chi connectivity index (χ0) is 20.0. The number of phosphoric ester groups is 1. The summed E-state index contributed by atoms with van der Waals surface area (Å²) in [6.45, 7) is 10.4. The first kappa shape index (κ1) is 22.4. The van der Waals surface area contributed by atoms with Gasteiger partial charge in [-0.25, -0.2) is 9.36 Å². The summed E-state index contributed by atoms with van der Waals surface area (Å²) in [5, 5.41) is 0. The average molecular weight is 380 g/mol. The maximum atomic E-state index is 11.3. The molecule has 0 heterocycles. The number of carbonyl (C=O) groups excluding carboxylic acids is 1. The first-order valence-electron chi connectivity index (χ1n) is 8.61. The van der Waals surface area contributed by atoms with E-state index in [9.17, 15) is 9.36 Å². The van der Waals surface area contributed by atoms with Crippen LogP contribution in [0.2, 0.25) is 0 Å². The Kier molecular flexibility index (Phi) is 8.01. The summed E-state index contributed by atoms with van der Waals surface area (Å²) >= 11 is 0. The van der Waals surface area contributed by atoms with Crippen LogP contribution in [0.1, 0.15) is 53.9 Å². The number of hydrogen-bond acceptors (Lipinski definition) is 3. The van der Waals surface area contributed by atoms with E-state index in [0.717, 1.165) is 18.1 Å². The number of hydrogen-bond donors (Lipinski definition) is 2. The van der Waals surface area contributed by atoms with Crippen LogP contribution in [-0.2, 0) is 13.9 Å². The largest absolute Gasteiger partial charge is 0.527 e. The van der Waals surface area contributed by atoms with E-state index in [-0.39, 0.29) is 5.41 Å². The van der Waals surface area contributed by atoms with E-state index in [1.54, 1.807) is 19.1 Å². The molecule has 0 aliphatic heterocycles. The number of rotatable bonds is 6. The van der Waals surface area contributed by atoms with E-state index in [1.807, 2.05) is 13.0 Å². The van der Waals surface area contributed by atoms with Gasteiger partial charge in [0.1, 0.15) is 0 Å². The molecule has 6 heteroatoms. The molecule has 0 aromatic carbocycles. The molecule has 0 fully saturated rings. The Balaban J connectivity index is 2.75. The second-order valence-corrected chi connectivity index (χ2v) is 8.49. The third kappa shape index (κ3) is 8.13. The lowest BCUT2D eigenvalue weighted by atomic mass is 9.72. The van der Waals surface area contributed by atoms with Gasteiger partial charge >= 0.3 is 13.8 Å². The minimum atomic E-state index is -4.80. The molecular formula is C20H29O5P. The molecule has 1 aliphatic rings. The van der Waals surface area contributed by atoms with Crippen molar-refractivity contribution in [2.24, 2.45) is 5.41 Å². The first-order valence-corrected chi connectivity index (χ1v) is 10.1. The van der Waals surface area contributed by atoms with Crippen LogP contribution in [0.25, 0.3) is 0 Å². The van der Waals surface area contributed by atoms with Gasteiger partial charge in [-0.1, -0.05) is 55.4 Å². The lowest BCUT2D eigenvalue weighted by molar-refractivity contribution is -0.130. The summed E-state index contributed by atoms with van der Waals surface area (Å²) < 4.78 is 14.5. The molecule has 0 spiro atoms. The summed E-state index contributed by atoms with van der Waals surface area (Å²) in [5.41, 5.74) is 4.64. The van der Waals surface area contributed by atoms with Gasteiger partial charge in [0.05, 0.1) is 0 Å². The molecule has 0 bridgehead atoms. The Hall–Kier alpha value is -1.68. The van der Waals surface area contributed by atoms with E-state index in [4.69, 9.17) is 9.79 Å². The highest BCUT2D eigenvalue weighted by Crippen LogP contribution is 2.40. The molecule has 0 unspecified atom stereocenters. The van der Waals surface area contributed by atoms with Crippen molar-refractivity contribution in [1.29, 1.82) is 0 Å². The van der Waals surface area contributed by atoms with Crippen molar-refractivity contribution < 1.29 is 23.7 Å². The van der Waals surface area contributed by atoms with Gasteiger partial charge in [0.15, 0.2) is 0 Å². The van der Waals surface area contributed by atoms with Gasteiger partial charge in [0, 0.05) is 6.08 Å². The van der Waals surface area contributed by atoms with Gasteiger partial charge in [-0.15, -0.1) is 0 Å². The maximum Gasteiger partial charge on any atom is 0.527 e. The van der Waals surface area contributed by atoms with E-state index in [2.05, 4.69) is 37.4 Å². The van der Waals surface area contributed by atoms with E-state index >= 15 is 0 Å². The van der Waals surface area contributed by atoms with Crippen LogP contribution in [-0.4, -0.2) is 15.8 Å².